The fourth-order valence-corrected chi connectivity index (χ4v) is 2.16. The maximum atomic E-state index is 12.9. The van der Waals surface area contributed by atoms with Crippen molar-refractivity contribution in [3.05, 3.63) is 47.9 Å². The van der Waals surface area contributed by atoms with Gasteiger partial charge in [-0.3, -0.25) is 0 Å². The molecule has 6 nitrogen and oxygen atoms in total. The molecule has 9 heteroatoms. The van der Waals surface area contributed by atoms with Gasteiger partial charge in [-0.05, 0) is 24.6 Å². The number of nitrogens with one attached hydrogen (secondary N) is 1. The Hall–Kier alpha value is -2.84. The van der Waals surface area contributed by atoms with Crippen LogP contribution in [-0.4, -0.2) is 24.7 Å². The first-order valence-electron chi connectivity index (χ1n) is 6.68. The third-order valence-corrected chi connectivity index (χ3v) is 3.28. The van der Waals surface area contributed by atoms with Crippen molar-refractivity contribution >= 4 is 11.6 Å². The number of benzene rings is 1. The van der Waals surface area contributed by atoms with Crippen LogP contribution < -0.4 is 5.32 Å². The van der Waals surface area contributed by atoms with Crippen LogP contribution in [0.4, 0.5) is 19.0 Å². The summed E-state index contributed by atoms with van der Waals surface area (Å²) in [6.07, 6.45) is -3.45. The zero-order chi connectivity index (χ0) is 16.6. The third kappa shape index (κ3) is 3.03. The predicted octanol–water partition coefficient (Wildman–Crippen LogP) is 3.02. The van der Waals surface area contributed by atoms with Crippen LogP contribution in [0, 0.1) is 0 Å². The molecule has 23 heavy (non-hydrogen) atoms. The van der Waals surface area contributed by atoms with E-state index in [1.54, 1.807) is 19.1 Å². The molecule has 0 aliphatic rings. The third-order valence-electron chi connectivity index (χ3n) is 3.28. The number of hydrogen-bond donors (Lipinski definition) is 2. The molecule has 3 rings (SSSR count). The summed E-state index contributed by atoms with van der Waals surface area (Å²) in [5.41, 5.74) is -0.341. The summed E-state index contributed by atoms with van der Waals surface area (Å²) in [6, 6.07) is 6.96. The van der Waals surface area contributed by atoms with Crippen LogP contribution in [0.3, 0.4) is 0 Å². The lowest BCUT2D eigenvalue weighted by molar-refractivity contribution is -0.141. The Labute approximate surface area is 128 Å². The van der Waals surface area contributed by atoms with Gasteiger partial charge in [0.05, 0.1) is 6.04 Å². The molecule has 1 aromatic carbocycles. The molecule has 120 valence electrons. The highest BCUT2D eigenvalue weighted by Gasteiger charge is 2.34. The minimum atomic E-state index is -4.58. The fourth-order valence-electron chi connectivity index (χ4n) is 2.16. The Morgan fingerprint density at radius 3 is 2.74 bits per heavy atom. The first-order chi connectivity index (χ1) is 10.8. The molecule has 1 atom stereocenters. The number of fused-ring (bicyclic) bond motifs is 1. The second-order valence-electron chi connectivity index (χ2n) is 4.96. The van der Waals surface area contributed by atoms with Gasteiger partial charge < -0.3 is 10.4 Å². The maximum absolute atomic E-state index is 12.9. The summed E-state index contributed by atoms with van der Waals surface area (Å²) in [7, 11) is 0. The first-order valence-corrected chi connectivity index (χ1v) is 6.68. The number of aromatic hydroxyl groups is 1. The van der Waals surface area contributed by atoms with Gasteiger partial charge in [0, 0.05) is 6.07 Å². The molecular formula is C14H12F3N5O. The summed E-state index contributed by atoms with van der Waals surface area (Å²) >= 11 is 0. The highest BCUT2D eigenvalue weighted by Crippen LogP contribution is 2.30. The van der Waals surface area contributed by atoms with Crippen LogP contribution in [0.5, 0.6) is 5.75 Å². The van der Waals surface area contributed by atoms with E-state index in [1.165, 1.54) is 16.6 Å². The van der Waals surface area contributed by atoms with Crippen molar-refractivity contribution in [3.8, 4) is 5.75 Å². The highest BCUT2D eigenvalue weighted by atomic mass is 19.4. The van der Waals surface area contributed by atoms with Gasteiger partial charge in [-0.25, -0.2) is 4.98 Å². The van der Waals surface area contributed by atoms with E-state index in [9.17, 15) is 18.3 Å². The van der Waals surface area contributed by atoms with E-state index in [2.05, 4.69) is 20.4 Å². The molecule has 0 fully saturated rings. The van der Waals surface area contributed by atoms with Gasteiger partial charge >= 0.3 is 6.18 Å². The number of halogens is 3. The number of nitrogens with zero attached hydrogens (tertiary/aromatic N) is 4. The number of rotatable bonds is 3. The fraction of sp³-hybridized carbons (Fsp3) is 0.214. The summed E-state index contributed by atoms with van der Waals surface area (Å²) in [5.74, 6) is 0.0360. The molecular weight excluding hydrogens is 311 g/mol. The normalized spacial score (nSPS) is 13.2. The summed E-state index contributed by atoms with van der Waals surface area (Å²) < 4.78 is 40.0. The Morgan fingerprint density at radius 2 is 2.04 bits per heavy atom. The van der Waals surface area contributed by atoms with Gasteiger partial charge in [0.1, 0.15) is 17.9 Å². The molecule has 0 saturated carbocycles. The van der Waals surface area contributed by atoms with Gasteiger partial charge in [-0.2, -0.15) is 27.8 Å². The van der Waals surface area contributed by atoms with E-state index in [0.717, 1.165) is 12.4 Å². The molecule has 3 aromatic rings. The summed E-state index contributed by atoms with van der Waals surface area (Å²) in [4.78, 5) is 7.15. The minimum absolute atomic E-state index is 0.0766. The Morgan fingerprint density at radius 1 is 1.26 bits per heavy atom. The van der Waals surface area contributed by atoms with Crippen molar-refractivity contribution < 1.29 is 18.3 Å². The molecule has 0 aliphatic heterocycles. The number of hydrogen-bond acceptors (Lipinski definition) is 5. The lowest BCUT2D eigenvalue weighted by Gasteiger charge is -2.17. The van der Waals surface area contributed by atoms with Crippen molar-refractivity contribution in [2.75, 3.05) is 5.32 Å². The number of phenols is 1. The topological polar surface area (TPSA) is 75.3 Å². The Bertz CT molecular complexity index is 846. The molecule has 2 aromatic heterocycles. The van der Waals surface area contributed by atoms with Crippen LogP contribution >= 0.6 is 0 Å². The predicted molar refractivity (Wildman–Crippen MR) is 75.9 cm³/mol. The highest BCUT2D eigenvalue weighted by molar-refractivity contribution is 5.47. The zero-order valence-electron chi connectivity index (χ0n) is 11.9. The lowest BCUT2D eigenvalue weighted by atomic mass is 10.1. The van der Waals surface area contributed by atoms with Gasteiger partial charge in [0.25, 0.3) is 5.78 Å². The van der Waals surface area contributed by atoms with Crippen molar-refractivity contribution in [2.24, 2.45) is 0 Å². The molecule has 0 amide bonds. The maximum Gasteiger partial charge on any atom is 0.433 e. The average molecular weight is 323 g/mol. The molecule has 0 aliphatic carbocycles. The molecule has 0 bridgehead atoms. The number of phenolic OH excluding ortho intramolecular Hbond substituents is 1. The molecule has 0 spiro atoms. The summed E-state index contributed by atoms with van der Waals surface area (Å²) in [6.45, 7) is 1.76. The van der Waals surface area contributed by atoms with E-state index < -0.39 is 11.9 Å². The average Bonchev–Trinajstić information content (AvgIpc) is 2.95. The summed E-state index contributed by atoms with van der Waals surface area (Å²) in [5, 5.41) is 16.3. The van der Waals surface area contributed by atoms with Crippen molar-refractivity contribution in [3.63, 3.8) is 0 Å². The van der Waals surface area contributed by atoms with Gasteiger partial charge in [-0.15, -0.1) is 0 Å². The molecule has 2 N–H and O–H groups in total. The smallest absolute Gasteiger partial charge is 0.433 e. The standard InChI is InChI=1S/C14H12F3N5O/c1-8(9-3-2-4-10(23)5-9)20-12-6-11(14(15,16)17)21-13-18-7-19-22(12)13/h2-8,20,23H,1H3/t8-/m0/s1. The molecule has 0 saturated heterocycles. The van der Waals surface area contributed by atoms with E-state index in [-0.39, 0.29) is 23.4 Å². The number of alkyl halides is 3. The second kappa shape index (κ2) is 5.41. The first kappa shape index (κ1) is 15.1. The SMILES string of the molecule is C[C@H](Nc1cc(C(F)(F)F)nc2ncnn12)c1cccc(O)c1. The number of aromatic nitrogens is 4. The zero-order valence-corrected chi connectivity index (χ0v) is 11.9. The molecule has 2 heterocycles. The Balaban J connectivity index is 2.00. The Kier molecular flexibility index (Phi) is 3.55. The van der Waals surface area contributed by atoms with Crippen molar-refractivity contribution in [1.82, 2.24) is 19.6 Å². The minimum Gasteiger partial charge on any atom is -0.508 e. The van der Waals surface area contributed by atoms with Crippen LogP contribution in [0.15, 0.2) is 36.7 Å². The van der Waals surface area contributed by atoms with Gasteiger partial charge in [0.2, 0.25) is 0 Å². The second-order valence-corrected chi connectivity index (χ2v) is 4.96. The van der Waals surface area contributed by atoms with Crippen LogP contribution in [0.1, 0.15) is 24.2 Å². The van der Waals surface area contributed by atoms with Crippen molar-refractivity contribution in [2.45, 2.75) is 19.1 Å². The van der Waals surface area contributed by atoms with Crippen LogP contribution in [0.2, 0.25) is 0 Å². The van der Waals surface area contributed by atoms with E-state index >= 15 is 0 Å². The van der Waals surface area contributed by atoms with Crippen molar-refractivity contribution in [1.29, 1.82) is 0 Å². The lowest BCUT2D eigenvalue weighted by Crippen LogP contribution is -2.15. The van der Waals surface area contributed by atoms with Crippen LogP contribution in [0.25, 0.3) is 5.78 Å². The quantitative estimate of drug-likeness (QED) is 0.775. The number of anilines is 1. The molecule has 0 unspecified atom stereocenters. The van der Waals surface area contributed by atoms with E-state index in [1.807, 2.05) is 0 Å². The molecule has 0 radical (unpaired) electrons. The van der Waals surface area contributed by atoms with Gasteiger partial charge in [0.15, 0.2) is 5.69 Å². The monoisotopic (exact) mass is 323 g/mol. The van der Waals surface area contributed by atoms with E-state index in [4.69, 9.17) is 0 Å². The van der Waals surface area contributed by atoms with Crippen LogP contribution in [-0.2, 0) is 6.18 Å². The van der Waals surface area contributed by atoms with E-state index in [0.29, 0.717) is 5.56 Å². The largest absolute Gasteiger partial charge is 0.508 e. The van der Waals surface area contributed by atoms with Gasteiger partial charge in [-0.1, -0.05) is 12.1 Å².